The second-order valence-electron chi connectivity index (χ2n) is 6.67. The summed E-state index contributed by atoms with van der Waals surface area (Å²) in [5, 5.41) is 2.53. The molecule has 1 heterocycles. The van der Waals surface area contributed by atoms with Gasteiger partial charge in [-0.3, -0.25) is 9.69 Å². The molecule has 1 N–H and O–H groups in total. The van der Waals surface area contributed by atoms with Crippen LogP contribution in [0.3, 0.4) is 0 Å². The van der Waals surface area contributed by atoms with Gasteiger partial charge in [0, 0.05) is 13.1 Å². The van der Waals surface area contributed by atoms with Crippen molar-refractivity contribution in [1.82, 2.24) is 10.2 Å². The van der Waals surface area contributed by atoms with Crippen molar-refractivity contribution < 1.29 is 28.6 Å². The third-order valence-electron chi connectivity index (χ3n) is 4.11. The maximum Gasteiger partial charge on any atom is 0.339 e. The fraction of sp³-hybridized carbons (Fsp3) is 0.526. The summed E-state index contributed by atoms with van der Waals surface area (Å²) in [6.45, 7) is 6.84. The number of carbonyl (C=O) groups is 3. The Bertz CT molecular complexity index is 703. The number of esters is 1. The summed E-state index contributed by atoms with van der Waals surface area (Å²) in [6, 6.07) is 4.21. The first kappa shape index (κ1) is 20.5. The Labute approximate surface area is 158 Å². The highest BCUT2D eigenvalue weighted by molar-refractivity contribution is 5.99. The predicted molar refractivity (Wildman–Crippen MR) is 97.9 cm³/mol. The Morgan fingerprint density at radius 3 is 2.56 bits per heavy atom. The molecule has 1 aromatic rings. The topological polar surface area (TPSA) is 94.2 Å². The van der Waals surface area contributed by atoms with Crippen LogP contribution in [0.1, 0.15) is 37.6 Å². The molecule has 0 spiro atoms. The van der Waals surface area contributed by atoms with E-state index in [1.165, 1.54) is 20.1 Å². The number of benzene rings is 1. The van der Waals surface area contributed by atoms with Crippen molar-refractivity contribution in [3.63, 3.8) is 0 Å². The SMILES string of the molecule is COc1cc(C(=O)OC(C)C(=O)N2CCNC2=O)ccc1OCCC(C)C. The number of carbonyl (C=O) groups excluding carboxylic acids is 3. The number of ether oxygens (including phenoxy) is 3. The monoisotopic (exact) mass is 378 g/mol. The lowest BCUT2D eigenvalue weighted by atomic mass is 10.1. The molecule has 8 heteroatoms. The molecule has 1 aliphatic rings. The van der Waals surface area contributed by atoms with Crippen molar-refractivity contribution in [3.05, 3.63) is 23.8 Å². The van der Waals surface area contributed by atoms with Gasteiger partial charge in [-0.15, -0.1) is 0 Å². The van der Waals surface area contributed by atoms with E-state index in [0.717, 1.165) is 11.3 Å². The van der Waals surface area contributed by atoms with Gasteiger partial charge in [0.1, 0.15) is 0 Å². The van der Waals surface area contributed by atoms with Crippen molar-refractivity contribution in [1.29, 1.82) is 0 Å². The zero-order valence-corrected chi connectivity index (χ0v) is 16.1. The van der Waals surface area contributed by atoms with E-state index >= 15 is 0 Å². The van der Waals surface area contributed by atoms with Gasteiger partial charge in [-0.25, -0.2) is 9.59 Å². The van der Waals surface area contributed by atoms with Gasteiger partial charge < -0.3 is 19.5 Å². The molecule has 0 radical (unpaired) electrons. The number of amides is 3. The number of imide groups is 1. The Morgan fingerprint density at radius 2 is 1.96 bits per heavy atom. The molecule has 148 valence electrons. The highest BCUT2D eigenvalue weighted by atomic mass is 16.5. The molecule has 0 aromatic heterocycles. The molecule has 8 nitrogen and oxygen atoms in total. The second-order valence-corrected chi connectivity index (χ2v) is 6.67. The van der Waals surface area contributed by atoms with Crippen LogP contribution in [-0.2, 0) is 9.53 Å². The molecule has 0 aliphatic carbocycles. The number of hydrogen-bond donors (Lipinski definition) is 1. The summed E-state index contributed by atoms with van der Waals surface area (Å²) in [5.41, 5.74) is 0.230. The summed E-state index contributed by atoms with van der Waals surface area (Å²) >= 11 is 0. The van der Waals surface area contributed by atoms with Crippen LogP contribution in [0.25, 0.3) is 0 Å². The van der Waals surface area contributed by atoms with Crippen LogP contribution in [0, 0.1) is 5.92 Å². The minimum Gasteiger partial charge on any atom is -0.493 e. The Morgan fingerprint density at radius 1 is 1.22 bits per heavy atom. The maximum absolute atomic E-state index is 12.3. The van der Waals surface area contributed by atoms with Gasteiger partial charge >= 0.3 is 12.0 Å². The predicted octanol–water partition coefficient (Wildman–Crippen LogP) is 2.22. The fourth-order valence-corrected chi connectivity index (χ4v) is 2.50. The van der Waals surface area contributed by atoms with E-state index in [1.54, 1.807) is 12.1 Å². The van der Waals surface area contributed by atoms with Crippen molar-refractivity contribution in [3.8, 4) is 11.5 Å². The van der Waals surface area contributed by atoms with E-state index in [-0.39, 0.29) is 12.1 Å². The number of hydrogen-bond acceptors (Lipinski definition) is 6. The van der Waals surface area contributed by atoms with Gasteiger partial charge in [-0.2, -0.15) is 0 Å². The smallest absolute Gasteiger partial charge is 0.339 e. The van der Waals surface area contributed by atoms with Gasteiger partial charge in [0.2, 0.25) is 0 Å². The van der Waals surface area contributed by atoms with E-state index in [0.29, 0.717) is 30.6 Å². The van der Waals surface area contributed by atoms with E-state index in [9.17, 15) is 14.4 Å². The average molecular weight is 378 g/mol. The highest BCUT2D eigenvalue weighted by Crippen LogP contribution is 2.29. The molecule has 1 fully saturated rings. The molecule has 1 unspecified atom stereocenters. The largest absolute Gasteiger partial charge is 0.493 e. The van der Waals surface area contributed by atoms with Gasteiger partial charge in [-0.05, 0) is 37.5 Å². The third kappa shape index (κ3) is 5.35. The highest BCUT2D eigenvalue weighted by Gasteiger charge is 2.31. The van der Waals surface area contributed by atoms with Crippen molar-refractivity contribution in [2.75, 3.05) is 26.8 Å². The third-order valence-corrected chi connectivity index (χ3v) is 4.11. The molecule has 0 saturated carbocycles. The second kappa shape index (κ2) is 9.25. The molecule has 1 saturated heterocycles. The summed E-state index contributed by atoms with van der Waals surface area (Å²) in [4.78, 5) is 37.1. The number of nitrogens with one attached hydrogen (secondary N) is 1. The zero-order valence-electron chi connectivity index (χ0n) is 16.1. The van der Waals surface area contributed by atoms with Crippen molar-refractivity contribution in [2.45, 2.75) is 33.3 Å². The molecule has 1 aliphatic heterocycles. The van der Waals surface area contributed by atoms with E-state index in [2.05, 4.69) is 19.2 Å². The molecule has 2 rings (SSSR count). The summed E-state index contributed by atoms with van der Waals surface area (Å²) < 4.78 is 16.2. The van der Waals surface area contributed by atoms with Gasteiger partial charge in [0.05, 0.1) is 19.3 Å². The molecule has 1 atom stereocenters. The van der Waals surface area contributed by atoms with Gasteiger partial charge in [0.25, 0.3) is 5.91 Å². The van der Waals surface area contributed by atoms with Crippen LogP contribution in [0.15, 0.2) is 18.2 Å². The van der Waals surface area contributed by atoms with Crippen LogP contribution in [0.2, 0.25) is 0 Å². The van der Waals surface area contributed by atoms with Crippen LogP contribution >= 0.6 is 0 Å². The van der Waals surface area contributed by atoms with Crippen LogP contribution in [-0.4, -0.2) is 55.7 Å². The lowest BCUT2D eigenvalue weighted by molar-refractivity contribution is -0.136. The van der Waals surface area contributed by atoms with Gasteiger partial charge in [-0.1, -0.05) is 13.8 Å². The number of methoxy groups -OCH3 is 1. The quantitative estimate of drug-likeness (QED) is 0.697. The van der Waals surface area contributed by atoms with Crippen LogP contribution in [0.5, 0.6) is 11.5 Å². The standard InChI is InChI=1S/C19H26N2O6/c1-12(2)7-10-26-15-6-5-14(11-16(15)25-4)18(23)27-13(3)17(22)21-9-8-20-19(21)24/h5-6,11-13H,7-10H2,1-4H3,(H,20,24). The minimum absolute atomic E-state index is 0.230. The number of urea groups is 1. The van der Waals surface area contributed by atoms with E-state index in [1.807, 2.05) is 0 Å². The Hall–Kier alpha value is -2.77. The van der Waals surface area contributed by atoms with Crippen LogP contribution < -0.4 is 14.8 Å². The maximum atomic E-state index is 12.3. The lowest BCUT2D eigenvalue weighted by Gasteiger charge is -2.18. The number of rotatable bonds is 8. The first-order valence-electron chi connectivity index (χ1n) is 8.94. The Kier molecular flexibility index (Phi) is 7.04. The molecule has 27 heavy (non-hydrogen) atoms. The molecular formula is C19H26N2O6. The molecule has 0 bridgehead atoms. The molecule has 3 amide bonds. The summed E-state index contributed by atoms with van der Waals surface area (Å²) in [5.74, 6) is 0.224. The molecule has 1 aromatic carbocycles. The normalized spacial score (nSPS) is 14.7. The molecular weight excluding hydrogens is 352 g/mol. The summed E-state index contributed by atoms with van der Waals surface area (Å²) in [7, 11) is 1.48. The average Bonchev–Trinajstić information content (AvgIpc) is 3.06. The van der Waals surface area contributed by atoms with Crippen LogP contribution in [0.4, 0.5) is 4.79 Å². The van der Waals surface area contributed by atoms with Crippen molar-refractivity contribution >= 4 is 17.9 Å². The number of nitrogens with zero attached hydrogens (tertiary/aromatic N) is 1. The lowest BCUT2D eigenvalue weighted by Crippen LogP contribution is -2.41. The fourth-order valence-electron chi connectivity index (χ4n) is 2.50. The minimum atomic E-state index is -1.07. The van der Waals surface area contributed by atoms with Crippen molar-refractivity contribution in [2.24, 2.45) is 5.92 Å². The van der Waals surface area contributed by atoms with E-state index < -0.39 is 24.0 Å². The first-order chi connectivity index (χ1) is 12.8. The Balaban J connectivity index is 2.00. The van der Waals surface area contributed by atoms with Gasteiger partial charge in [0.15, 0.2) is 17.6 Å². The first-order valence-corrected chi connectivity index (χ1v) is 8.94. The zero-order chi connectivity index (χ0) is 20.0. The summed E-state index contributed by atoms with van der Waals surface area (Å²) in [6.07, 6.45) is -0.175. The van der Waals surface area contributed by atoms with E-state index in [4.69, 9.17) is 14.2 Å².